The SMILES string of the molecule is c1ccc2c(c1)OC1COCN3CC2(C1)NO3. The Labute approximate surface area is 99.2 Å². The van der Waals surface area contributed by atoms with E-state index >= 15 is 0 Å². The lowest BCUT2D eigenvalue weighted by Gasteiger charge is -2.39. The van der Waals surface area contributed by atoms with Gasteiger partial charge in [0.1, 0.15) is 18.6 Å². The van der Waals surface area contributed by atoms with E-state index in [2.05, 4.69) is 11.5 Å². The molecule has 0 radical (unpaired) electrons. The average Bonchev–Trinajstić information content (AvgIpc) is 2.74. The summed E-state index contributed by atoms with van der Waals surface area (Å²) < 4.78 is 11.5. The van der Waals surface area contributed by atoms with Gasteiger partial charge in [0.05, 0.1) is 18.7 Å². The summed E-state index contributed by atoms with van der Waals surface area (Å²) in [6.45, 7) is 1.89. The molecular weight excluding hydrogens is 220 g/mol. The molecular formula is C12H14N2O3. The Hall–Kier alpha value is -1.14. The molecule has 17 heavy (non-hydrogen) atoms. The van der Waals surface area contributed by atoms with Crippen LogP contribution in [0.15, 0.2) is 24.3 Å². The van der Waals surface area contributed by atoms with Crippen molar-refractivity contribution in [1.82, 2.24) is 10.5 Å². The summed E-state index contributed by atoms with van der Waals surface area (Å²) in [4.78, 5) is 5.47. The Kier molecular flexibility index (Phi) is 1.99. The second-order valence-corrected chi connectivity index (χ2v) is 4.86. The van der Waals surface area contributed by atoms with Gasteiger partial charge < -0.3 is 9.47 Å². The predicted molar refractivity (Wildman–Crippen MR) is 58.9 cm³/mol. The number of hydrogen-bond acceptors (Lipinski definition) is 5. The number of rotatable bonds is 0. The molecule has 3 atom stereocenters. The molecule has 3 heterocycles. The summed E-state index contributed by atoms with van der Waals surface area (Å²) in [7, 11) is 0. The zero-order chi connectivity index (χ0) is 11.3. The molecule has 5 nitrogen and oxygen atoms in total. The van der Waals surface area contributed by atoms with Crippen molar-refractivity contribution >= 4 is 0 Å². The number of benzene rings is 1. The summed E-state index contributed by atoms with van der Waals surface area (Å²) in [6, 6.07) is 8.15. The Morgan fingerprint density at radius 2 is 2.29 bits per heavy atom. The van der Waals surface area contributed by atoms with Crippen LogP contribution >= 0.6 is 0 Å². The van der Waals surface area contributed by atoms with Crippen LogP contribution in [0.5, 0.6) is 5.75 Å². The first-order valence-electron chi connectivity index (χ1n) is 5.89. The quantitative estimate of drug-likeness (QED) is 0.718. The number of nitrogens with zero attached hydrogens (tertiary/aromatic N) is 1. The molecule has 3 unspecified atom stereocenters. The highest BCUT2D eigenvalue weighted by Crippen LogP contribution is 2.42. The van der Waals surface area contributed by atoms with Gasteiger partial charge in [0.25, 0.3) is 0 Å². The van der Waals surface area contributed by atoms with Crippen molar-refractivity contribution < 1.29 is 14.4 Å². The van der Waals surface area contributed by atoms with Crippen molar-refractivity contribution in [3.8, 4) is 5.75 Å². The lowest BCUT2D eigenvalue weighted by Crippen LogP contribution is -2.49. The van der Waals surface area contributed by atoms with Gasteiger partial charge >= 0.3 is 0 Å². The fourth-order valence-electron chi connectivity index (χ4n) is 2.90. The van der Waals surface area contributed by atoms with E-state index in [-0.39, 0.29) is 11.6 Å². The molecule has 0 saturated carbocycles. The zero-order valence-corrected chi connectivity index (χ0v) is 9.39. The van der Waals surface area contributed by atoms with Crippen molar-refractivity contribution in [3.05, 3.63) is 29.8 Å². The van der Waals surface area contributed by atoms with Gasteiger partial charge in [0.2, 0.25) is 0 Å². The third kappa shape index (κ3) is 1.40. The third-order valence-corrected chi connectivity index (χ3v) is 3.63. The second kappa shape index (κ2) is 3.43. The number of nitrogens with one attached hydrogen (secondary N) is 1. The van der Waals surface area contributed by atoms with Gasteiger partial charge in [-0.15, -0.1) is 5.06 Å². The van der Waals surface area contributed by atoms with Crippen molar-refractivity contribution in [1.29, 1.82) is 0 Å². The summed E-state index contributed by atoms with van der Waals surface area (Å²) in [6.07, 6.45) is 0.974. The van der Waals surface area contributed by atoms with Crippen molar-refractivity contribution in [2.24, 2.45) is 0 Å². The summed E-state index contributed by atoms with van der Waals surface area (Å²) in [5.41, 5.74) is 4.20. The Bertz CT molecular complexity index is 453. The highest BCUT2D eigenvalue weighted by atomic mass is 16.8. The molecule has 0 aromatic heterocycles. The minimum atomic E-state index is -0.150. The number of hydrogen-bond donors (Lipinski definition) is 1. The molecule has 3 aliphatic rings. The average molecular weight is 234 g/mol. The van der Waals surface area contributed by atoms with Crippen LogP contribution in [0.4, 0.5) is 0 Å². The van der Waals surface area contributed by atoms with Crippen LogP contribution in [-0.2, 0) is 15.2 Å². The molecule has 1 spiro atoms. The molecule has 1 aromatic carbocycles. The van der Waals surface area contributed by atoms with Crippen LogP contribution in [-0.4, -0.2) is 31.0 Å². The van der Waals surface area contributed by atoms with E-state index < -0.39 is 0 Å². The minimum Gasteiger partial charge on any atom is -0.488 e. The van der Waals surface area contributed by atoms with E-state index in [0.717, 1.165) is 18.7 Å². The molecule has 2 saturated heterocycles. The summed E-state index contributed by atoms with van der Waals surface area (Å²) in [5, 5.41) is 1.82. The normalized spacial score (nSPS) is 38.8. The Morgan fingerprint density at radius 1 is 1.35 bits per heavy atom. The molecule has 0 aliphatic carbocycles. The van der Waals surface area contributed by atoms with E-state index in [1.807, 2.05) is 23.3 Å². The highest BCUT2D eigenvalue weighted by Gasteiger charge is 2.48. The fraction of sp³-hybridized carbons (Fsp3) is 0.500. The number of fused-ring (bicyclic) bond motifs is 3. The first-order chi connectivity index (χ1) is 8.36. The summed E-state index contributed by atoms with van der Waals surface area (Å²) in [5.74, 6) is 0.937. The van der Waals surface area contributed by atoms with Gasteiger partial charge in [0.15, 0.2) is 0 Å². The van der Waals surface area contributed by atoms with Gasteiger partial charge in [-0.3, -0.25) is 0 Å². The number of hydroxylamine groups is 3. The molecule has 3 bridgehead atoms. The molecule has 4 rings (SSSR count). The van der Waals surface area contributed by atoms with E-state index in [1.165, 1.54) is 5.56 Å². The van der Waals surface area contributed by atoms with E-state index in [0.29, 0.717) is 13.3 Å². The lowest BCUT2D eigenvalue weighted by molar-refractivity contribution is -0.205. The van der Waals surface area contributed by atoms with Gasteiger partial charge in [-0.2, -0.15) is 5.48 Å². The van der Waals surface area contributed by atoms with Crippen LogP contribution in [0.25, 0.3) is 0 Å². The topological polar surface area (TPSA) is 43.0 Å². The second-order valence-electron chi connectivity index (χ2n) is 4.86. The van der Waals surface area contributed by atoms with E-state index in [4.69, 9.17) is 14.4 Å². The number of ether oxygens (including phenoxy) is 2. The van der Waals surface area contributed by atoms with Crippen LogP contribution in [0.2, 0.25) is 0 Å². The molecule has 0 amide bonds. The molecule has 1 aromatic rings. The van der Waals surface area contributed by atoms with Gasteiger partial charge in [-0.25, -0.2) is 4.94 Å². The van der Waals surface area contributed by atoms with E-state index in [1.54, 1.807) is 0 Å². The third-order valence-electron chi connectivity index (χ3n) is 3.63. The van der Waals surface area contributed by atoms with Crippen LogP contribution in [0.1, 0.15) is 12.0 Å². The first kappa shape index (κ1) is 9.85. The van der Waals surface area contributed by atoms with Crippen LogP contribution < -0.4 is 10.2 Å². The zero-order valence-electron chi connectivity index (χ0n) is 9.39. The molecule has 5 heteroatoms. The van der Waals surface area contributed by atoms with Crippen molar-refractivity contribution in [3.63, 3.8) is 0 Å². The maximum atomic E-state index is 5.94. The summed E-state index contributed by atoms with van der Waals surface area (Å²) >= 11 is 0. The molecule has 1 N–H and O–H groups in total. The van der Waals surface area contributed by atoms with Crippen LogP contribution in [0, 0.1) is 0 Å². The largest absolute Gasteiger partial charge is 0.488 e. The Morgan fingerprint density at radius 3 is 3.29 bits per heavy atom. The van der Waals surface area contributed by atoms with Crippen LogP contribution in [0.3, 0.4) is 0 Å². The van der Waals surface area contributed by atoms with Gasteiger partial charge in [-0.05, 0) is 6.07 Å². The Balaban J connectivity index is 1.85. The smallest absolute Gasteiger partial charge is 0.125 e. The van der Waals surface area contributed by atoms with Gasteiger partial charge in [-0.1, -0.05) is 18.2 Å². The maximum Gasteiger partial charge on any atom is 0.125 e. The number of para-hydroxylation sites is 1. The minimum absolute atomic E-state index is 0.0984. The predicted octanol–water partition coefficient (Wildman–Crippen LogP) is 0.772. The first-order valence-corrected chi connectivity index (χ1v) is 5.89. The van der Waals surface area contributed by atoms with Crippen molar-refractivity contribution in [2.75, 3.05) is 19.9 Å². The monoisotopic (exact) mass is 234 g/mol. The van der Waals surface area contributed by atoms with Crippen molar-refractivity contribution in [2.45, 2.75) is 18.1 Å². The molecule has 2 fully saturated rings. The lowest BCUT2D eigenvalue weighted by atomic mass is 9.82. The standard InChI is InChI=1S/C12H14N2O3/c1-2-4-11-10(3-1)12-5-9(16-11)6-15-8-14(7-12)17-13-12/h1-4,9,13H,5-8H2. The molecule has 90 valence electrons. The fourth-order valence-corrected chi connectivity index (χ4v) is 2.90. The maximum absolute atomic E-state index is 5.94. The highest BCUT2D eigenvalue weighted by molar-refractivity contribution is 5.42. The van der Waals surface area contributed by atoms with E-state index in [9.17, 15) is 0 Å². The molecule has 3 aliphatic heterocycles. The van der Waals surface area contributed by atoms with Gasteiger partial charge in [0, 0.05) is 12.0 Å².